The van der Waals surface area contributed by atoms with Gasteiger partial charge in [0.05, 0.1) is 18.1 Å². The second-order valence-electron chi connectivity index (χ2n) is 8.17. The third kappa shape index (κ3) is 3.99. The van der Waals surface area contributed by atoms with E-state index in [2.05, 4.69) is 20.3 Å². The SMILES string of the molecule is Cc1cnc(C(=O)CC23CC(NC(=O)COc4ccc(C(F)(F)F)nc4)(C2)C3)cn1. The van der Waals surface area contributed by atoms with Gasteiger partial charge in [0.2, 0.25) is 0 Å². The molecule has 0 atom stereocenters. The van der Waals surface area contributed by atoms with E-state index in [1.54, 1.807) is 13.1 Å². The molecule has 158 valence electrons. The first kappa shape index (κ1) is 20.2. The van der Waals surface area contributed by atoms with Gasteiger partial charge in [-0.15, -0.1) is 0 Å². The van der Waals surface area contributed by atoms with E-state index < -0.39 is 11.9 Å². The standard InChI is InChI=1S/C20H19F3N4O3/c1-12-5-25-14(7-24-12)15(28)4-18-9-19(10-18,11-18)27-17(29)8-30-13-2-3-16(26-6-13)20(21,22)23/h2-3,5-7H,4,8-11H2,1H3,(H,27,29). The molecule has 1 amide bonds. The third-order valence-corrected chi connectivity index (χ3v) is 5.54. The number of rotatable bonds is 7. The lowest BCUT2D eigenvalue weighted by Gasteiger charge is -2.70. The zero-order valence-electron chi connectivity index (χ0n) is 16.1. The van der Waals surface area contributed by atoms with E-state index in [1.807, 2.05) is 0 Å². The van der Waals surface area contributed by atoms with Gasteiger partial charge in [0, 0.05) is 18.2 Å². The molecule has 0 aromatic carbocycles. The molecular weight excluding hydrogens is 401 g/mol. The summed E-state index contributed by atoms with van der Waals surface area (Å²) in [5.41, 5.74) is -0.354. The summed E-state index contributed by atoms with van der Waals surface area (Å²) in [6.45, 7) is 1.48. The van der Waals surface area contributed by atoms with Crippen molar-refractivity contribution in [2.45, 2.75) is 44.3 Å². The highest BCUT2D eigenvalue weighted by Gasteiger charge is 2.68. The number of alkyl halides is 3. The Morgan fingerprint density at radius 3 is 2.40 bits per heavy atom. The fourth-order valence-corrected chi connectivity index (χ4v) is 4.40. The molecule has 10 heteroatoms. The predicted molar refractivity (Wildman–Crippen MR) is 97.6 cm³/mol. The van der Waals surface area contributed by atoms with E-state index in [-0.39, 0.29) is 35.0 Å². The van der Waals surface area contributed by atoms with Crippen LogP contribution < -0.4 is 10.1 Å². The van der Waals surface area contributed by atoms with E-state index in [9.17, 15) is 22.8 Å². The molecule has 0 unspecified atom stereocenters. The first-order valence-corrected chi connectivity index (χ1v) is 9.37. The van der Waals surface area contributed by atoms with E-state index >= 15 is 0 Å². The minimum Gasteiger partial charge on any atom is -0.482 e. The molecule has 2 bridgehead atoms. The highest BCUT2D eigenvalue weighted by atomic mass is 19.4. The number of hydrogen-bond donors (Lipinski definition) is 1. The van der Waals surface area contributed by atoms with Crippen LogP contribution in [0.1, 0.15) is 47.6 Å². The minimum atomic E-state index is -4.52. The summed E-state index contributed by atoms with van der Waals surface area (Å²) in [6.07, 6.45) is 1.94. The number of hydrogen-bond acceptors (Lipinski definition) is 6. The summed E-state index contributed by atoms with van der Waals surface area (Å²) in [5, 5.41) is 2.91. The summed E-state index contributed by atoms with van der Waals surface area (Å²) in [4.78, 5) is 36.0. The lowest BCUT2D eigenvalue weighted by atomic mass is 9.38. The molecule has 5 rings (SSSR count). The fourth-order valence-electron chi connectivity index (χ4n) is 4.40. The summed E-state index contributed by atoms with van der Waals surface area (Å²) in [7, 11) is 0. The van der Waals surface area contributed by atoms with Crippen molar-refractivity contribution < 1.29 is 27.5 Å². The number of carbonyl (C=O) groups excluding carboxylic acids is 2. The van der Waals surface area contributed by atoms with E-state index in [0.717, 1.165) is 24.0 Å². The number of amides is 1. The Morgan fingerprint density at radius 2 is 1.83 bits per heavy atom. The van der Waals surface area contributed by atoms with Crippen LogP contribution in [-0.4, -0.2) is 38.8 Å². The Kier molecular flexibility index (Phi) is 4.74. The van der Waals surface area contributed by atoms with Crippen molar-refractivity contribution in [2.75, 3.05) is 6.61 Å². The van der Waals surface area contributed by atoms with Crippen LogP contribution in [0.2, 0.25) is 0 Å². The van der Waals surface area contributed by atoms with Gasteiger partial charge < -0.3 is 10.1 Å². The molecule has 2 heterocycles. The number of nitrogens with one attached hydrogen (secondary N) is 1. The summed E-state index contributed by atoms with van der Waals surface area (Å²) in [6, 6.07) is 1.92. The van der Waals surface area contributed by atoms with Crippen LogP contribution in [-0.2, 0) is 11.0 Å². The molecule has 30 heavy (non-hydrogen) atoms. The average Bonchev–Trinajstić information content (AvgIpc) is 2.63. The molecule has 3 saturated carbocycles. The summed E-state index contributed by atoms with van der Waals surface area (Å²) >= 11 is 0. The number of aryl methyl sites for hydroxylation is 1. The summed E-state index contributed by atoms with van der Waals surface area (Å²) in [5.74, 6) is -0.337. The molecule has 3 aliphatic rings. The predicted octanol–water partition coefficient (Wildman–Crippen LogP) is 2.89. The molecule has 2 aromatic heterocycles. The average molecular weight is 420 g/mol. The highest BCUT2D eigenvalue weighted by molar-refractivity contribution is 5.94. The van der Waals surface area contributed by atoms with Crippen molar-refractivity contribution in [1.29, 1.82) is 0 Å². The maximum absolute atomic E-state index is 12.5. The number of ketones is 1. The van der Waals surface area contributed by atoms with Gasteiger partial charge in [0.25, 0.3) is 5.91 Å². The Balaban J connectivity index is 1.22. The lowest BCUT2D eigenvalue weighted by Crippen LogP contribution is -2.75. The Bertz CT molecular complexity index is 955. The lowest BCUT2D eigenvalue weighted by molar-refractivity contribution is -0.164. The number of nitrogens with zero attached hydrogens (tertiary/aromatic N) is 3. The molecule has 3 aliphatic carbocycles. The number of pyridine rings is 1. The zero-order valence-corrected chi connectivity index (χ0v) is 16.1. The molecule has 7 nitrogen and oxygen atoms in total. The normalized spacial score (nSPS) is 24.4. The smallest absolute Gasteiger partial charge is 0.433 e. The van der Waals surface area contributed by atoms with E-state index in [1.165, 1.54) is 6.20 Å². The topological polar surface area (TPSA) is 94.1 Å². The van der Waals surface area contributed by atoms with Gasteiger partial charge in [-0.05, 0) is 43.7 Å². The van der Waals surface area contributed by atoms with Crippen molar-refractivity contribution in [2.24, 2.45) is 5.41 Å². The van der Waals surface area contributed by atoms with Gasteiger partial charge in [-0.3, -0.25) is 14.6 Å². The van der Waals surface area contributed by atoms with Gasteiger partial charge in [-0.25, -0.2) is 9.97 Å². The maximum Gasteiger partial charge on any atom is 0.433 e. The Hall–Kier alpha value is -3.04. The van der Waals surface area contributed by atoms with Crippen molar-refractivity contribution in [1.82, 2.24) is 20.3 Å². The van der Waals surface area contributed by atoms with Crippen molar-refractivity contribution in [3.8, 4) is 5.75 Å². The number of ether oxygens (including phenoxy) is 1. The van der Waals surface area contributed by atoms with Crippen LogP contribution in [0.5, 0.6) is 5.75 Å². The highest BCUT2D eigenvalue weighted by Crippen LogP contribution is 2.69. The Labute approximate surface area is 170 Å². The monoisotopic (exact) mass is 420 g/mol. The van der Waals surface area contributed by atoms with Crippen LogP contribution in [0.4, 0.5) is 13.2 Å². The van der Waals surface area contributed by atoms with Gasteiger partial charge in [-0.2, -0.15) is 13.2 Å². The Morgan fingerprint density at radius 1 is 1.10 bits per heavy atom. The van der Waals surface area contributed by atoms with Crippen molar-refractivity contribution in [3.63, 3.8) is 0 Å². The molecule has 0 spiro atoms. The maximum atomic E-state index is 12.5. The largest absolute Gasteiger partial charge is 0.482 e. The quantitative estimate of drug-likeness (QED) is 0.693. The first-order valence-electron chi connectivity index (χ1n) is 9.37. The molecule has 0 saturated heterocycles. The van der Waals surface area contributed by atoms with Crippen LogP contribution in [0.3, 0.4) is 0 Å². The van der Waals surface area contributed by atoms with Crippen molar-refractivity contribution >= 4 is 11.7 Å². The van der Waals surface area contributed by atoms with Gasteiger partial charge in [0.15, 0.2) is 12.4 Å². The fraction of sp³-hybridized carbons (Fsp3) is 0.450. The van der Waals surface area contributed by atoms with Crippen LogP contribution in [0.15, 0.2) is 30.7 Å². The second kappa shape index (κ2) is 7.03. The zero-order chi connectivity index (χ0) is 21.6. The number of carbonyl (C=O) groups is 2. The van der Waals surface area contributed by atoms with Crippen LogP contribution in [0, 0.1) is 12.3 Å². The molecule has 1 N–H and O–H groups in total. The molecule has 0 radical (unpaired) electrons. The molecule has 3 fully saturated rings. The van der Waals surface area contributed by atoms with Gasteiger partial charge >= 0.3 is 6.18 Å². The van der Waals surface area contributed by atoms with Gasteiger partial charge in [0.1, 0.15) is 17.1 Å². The number of halogens is 3. The number of Topliss-reactive ketones (excluding diaryl/α,β-unsaturated/α-hetero) is 1. The van der Waals surface area contributed by atoms with E-state index in [4.69, 9.17) is 4.74 Å². The molecule has 2 aromatic rings. The summed E-state index contributed by atoms with van der Waals surface area (Å²) < 4.78 is 42.7. The van der Waals surface area contributed by atoms with Gasteiger partial charge in [-0.1, -0.05) is 0 Å². The van der Waals surface area contributed by atoms with Crippen LogP contribution >= 0.6 is 0 Å². The number of aromatic nitrogens is 3. The van der Waals surface area contributed by atoms with E-state index in [0.29, 0.717) is 31.4 Å². The van der Waals surface area contributed by atoms with Crippen molar-refractivity contribution in [3.05, 3.63) is 47.8 Å². The third-order valence-electron chi connectivity index (χ3n) is 5.54. The molecule has 0 aliphatic heterocycles. The first-order chi connectivity index (χ1) is 14.1. The second-order valence-corrected chi connectivity index (χ2v) is 8.17. The minimum absolute atomic E-state index is 0.0553. The molecular formula is C20H19F3N4O3. The van der Waals surface area contributed by atoms with Crippen LogP contribution in [0.25, 0.3) is 0 Å².